The summed E-state index contributed by atoms with van der Waals surface area (Å²) in [6, 6.07) is 0. The molecule has 0 radical (unpaired) electrons. The Labute approximate surface area is 105 Å². The van der Waals surface area contributed by atoms with E-state index >= 15 is 0 Å². The van der Waals surface area contributed by atoms with Crippen LogP contribution in [0.15, 0.2) is 21.6 Å². The first-order valence-electron chi connectivity index (χ1n) is 4.07. The van der Waals surface area contributed by atoms with E-state index in [4.69, 9.17) is 0 Å². The van der Waals surface area contributed by atoms with E-state index in [1.54, 1.807) is 0 Å². The van der Waals surface area contributed by atoms with E-state index in [-0.39, 0.29) is 24.8 Å². The summed E-state index contributed by atoms with van der Waals surface area (Å²) >= 11 is 2.21. The van der Waals surface area contributed by atoms with E-state index in [2.05, 4.69) is 60.3 Å². The third kappa shape index (κ3) is 4.21. The molecular weight excluding hydrogens is 239 g/mol. The molecule has 1 aliphatic carbocycles. The molecule has 0 spiro atoms. The molecule has 1 aliphatic rings. The van der Waals surface area contributed by atoms with Crippen LogP contribution < -0.4 is 0 Å². The van der Waals surface area contributed by atoms with Crippen molar-refractivity contribution in [3.05, 3.63) is 21.6 Å². The molecule has 0 heterocycles. The zero-order valence-corrected chi connectivity index (χ0v) is 11.7. The van der Waals surface area contributed by atoms with Crippen LogP contribution in [0.1, 0.15) is 27.7 Å². The summed E-state index contributed by atoms with van der Waals surface area (Å²) in [6.45, 7) is 9.05. The predicted octanol–water partition coefficient (Wildman–Crippen LogP) is 3.88. The fourth-order valence-electron chi connectivity index (χ4n) is 1.17. The fraction of sp³-hybridized carbons (Fsp3) is 0.600. The normalized spacial score (nSPS) is 21.0. The second-order valence-electron chi connectivity index (χ2n) is 4.26. The minimum absolute atomic E-state index is 0. The molecule has 1 atom stereocenters. The summed E-state index contributed by atoms with van der Waals surface area (Å²) in [5.74, 6) is 0.657. The zero-order valence-electron chi connectivity index (χ0n) is 8.55. The molecule has 1 unspecified atom stereocenters. The van der Waals surface area contributed by atoms with Gasteiger partial charge in [0.15, 0.2) is 0 Å². The second kappa shape index (κ2) is 5.61. The van der Waals surface area contributed by atoms with Crippen LogP contribution in [0.4, 0.5) is 0 Å². The van der Waals surface area contributed by atoms with Crippen molar-refractivity contribution in [3.63, 3.8) is 0 Å². The predicted molar refractivity (Wildman–Crippen MR) is 59.3 cm³/mol. The van der Waals surface area contributed by atoms with Gasteiger partial charge in [-0.25, -0.2) is 0 Å². The summed E-state index contributed by atoms with van der Waals surface area (Å²) in [4.78, 5) is 0. The average Bonchev–Trinajstić information content (AvgIpc) is 2.11. The second-order valence-corrected chi connectivity index (χ2v) is 5.16. The topological polar surface area (TPSA) is 0 Å². The van der Waals surface area contributed by atoms with Crippen LogP contribution in [0, 0.1) is 11.3 Å². The Morgan fingerprint density at radius 2 is 1.69 bits per heavy atom. The molecule has 0 nitrogen and oxygen atoms in total. The SMILES string of the molecule is CC1C=C(C(C)(C)C)C=[C]1[Ti].Cl.Cl. The van der Waals surface area contributed by atoms with Crippen LogP contribution >= 0.6 is 24.8 Å². The third-order valence-electron chi connectivity index (χ3n) is 2.10. The maximum absolute atomic E-state index is 2.37. The zero-order chi connectivity index (χ0) is 8.65. The molecule has 0 amide bonds. The van der Waals surface area contributed by atoms with Gasteiger partial charge in [-0.05, 0) is 0 Å². The maximum atomic E-state index is 2.37. The van der Waals surface area contributed by atoms with Gasteiger partial charge in [-0.1, -0.05) is 0 Å². The molecule has 0 bridgehead atoms. The number of allylic oxidation sites excluding steroid dienone is 4. The van der Waals surface area contributed by atoms with Gasteiger partial charge in [-0.2, -0.15) is 0 Å². The Morgan fingerprint density at radius 3 is 1.85 bits per heavy atom. The van der Waals surface area contributed by atoms with Crippen LogP contribution in [0.3, 0.4) is 0 Å². The molecule has 0 aromatic heterocycles. The number of hydrogen-bond donors (Lipinski definition) is 0. The van der Waals surface area contributed by atoms with E-state index in [1.165, 1.54) is 9.45 Å². The van der Waals surface area contributed by atoms with E-state index in [1.807, 2.05) is 0 Å². The van der Waals surface area contributed by atoms with Gasteiger partial charge >= 0.3 is 81.1 Å². The van der Waals surface area contributed by atoms with Crippen LogP contribution in [0.5, 0.6) is 0 Å². The molecule has 0 aromatic rings. The monoisotopic (exact) mass is 255 g/mol. The minimum Gasteiger partial charge on any atom is -0.147 e. The van der Waals surface area contributed by atoms with Crippen molar-refractivity contribution >= 4 is 24.8 Å². The summed E-state index contributed by atoms with van der Waals surface area (Å²) in [5, 5.41) is 0. The molecule has 0 saturated carbocycles. The molecule has 1 rings (SSSR count). The van der Waals surface area contributed by atoms with E-state index in [9.17, 15) is 0 Å². The first-order chi connectivity index (χ1) is 4.91. The molecular formula is C10H17Cl2Ti. The van der Waals surface area contributed by atoms with Gasteiger partial charge in [-0.15, -0.1) is 24.8 Å². The van der Waals surface area contributed by atoms with Gasteiger partial charge < -0.3 is 0 Å². The van der Waals surface area contributed by atoms with Gasteiger partial charge in [-0.3, -0.25) is 0 Å². The largest absolute Gasteiger partial charge is 0.147 e. The van der Waals surface area contributed by atoms with Crippen molar-refractivity contribution in [2.75, 3.05) is 0 Å². The van der Waals surface area contributed by atoms with E-state index < -0.39 is 0 Å². The Morgan fingerprint density at radius 1 is 1.23 bits per heavy atom. The summed E-state index contributed by atoms with van der Waals surface area (Å²) in [7, 11) is 0. The van der Waals surface area contributed by atoms with E-state index in [0.29, 0.717) is 11.3 Å². The summed E-state index contributed by atoms with van der Waals surface area (Å²) in [5.41, 5.74) is 1.81. The van der Waals surface area contributed by atoms with Crippen molar-refractivity contribution in [1.82, 2.24) is 0 Å². The molecule has 0 N–H and O–H groups in total. The van der Waals surface area contributed by atoms with Gasteiger partial charge in [0.05, 0.1) is 0 Å². The summed E-state index contributed by atoms with van der Waals surface area (Å²) in [6.07, 6.45) is 4.69. The molecule has 75 valence electrons. The van der Waals surface area contributed by atoms with Gasteiger partial charge in [0.1, 0.15) is 0 Å². The van der Waals surface area contributed by atoms with Gasteiger partial charge in [0.25, 0.3) is 0 Å². The van der Waals surface area contributed by atoms with E-state index in [0.717, 1.165) is 0 Å². The minimum atomic E-state index is 0. The van der Waals surface area contributed by atoms with Crippen LogP contribution in [0.2, 0.25) is 0 Å². The average molecular weight is 256 g/mol. The molecule has 3 heteroatoms. The molecule has 0 aromatic carbocycles. The molecule has 0 aliphatic heterocycles. The van der Waals surface area contributed by atoms with Gasteiger partial charge in [0.2, 0.25) is 0 Å². The van der Waals surface area contributed by atoms with Crippen molar-refractivity contribution in [2.45, 2.75) is 27.7 Å². The summed E-state index contributed by atoms with van der Waals surface area (Å²) < 4.78 is 1.50. The first kappa shape index (κ1) is 16.2. The molecule has 0 saturated heterocycles. The van der Waals surface area contributed by atoms with Crippen LogP contribution in [-0.2, 0) is 20.4 Å². The standard InChI is InChI=1S/C10H15.2ClH.Ti/c1-8-5-6-9(7-8)10(2,3)4;;;/h6-8H,1-4H3;2*1H;. The Bertz CT molecular complexity index is 224. The Balaban J connectivity index is 0. The Hall–Kier alpha value is 0.774. The van der Waals surface area contributed by atoms with Crippen molar-refractivity contribution in [3.8, 4) is 0 Å². The first-order valence-corrected chi connectivity index (χ1v) is 4.85. The number of halogens is 2. The van der Waals surface area contributed by atoms with Crippen molar-refractivity contribution < 1.29 is 20.4 Å². The number of rotatable bonds is 0. The maximum Gasteiger partial charge on any atom is -0.147 e. The van der Waals surface area contributed by atoms with Crippen molar-refractivity contribution in [2.24, 2.45) is 11.3 Å². The van der Waals surface area contributed by atoms with Gasteiger partial charge in [0, 0.05) is 0 Å². The molecule has 13 heavy (non-hydrogen) atoms. The quantitative estimate of drug-likeness (QED) is 0.577. The Kier molecular flexibility index (Phi) is 6.99. The van der Waals surface area contributed by atoms with Crippen LogP contribution in [0.25, 0.3) is 0 Å². The molecule has 0 fully saturated rings. The number of hydrogen-bond acceptors (Lipinski definition) is 0. The smallest absolute Gasteiger partial charge is 0.147 e. The van der Waals surface area contributed by atoms with Crippen LogP contribution in [-0.4, -0.2) is 0 Å². The third-order valence-corrected chi connectivity index (χ3v) is 3.03. The van der Waals surface area contributed by atoms with Crippen molar-refractivity contribution in [1.29, 1.82) is 0 Å². The fourth-order valence-corrected chi connectivity index (χ4v) is 1.55.